The van der Waals surface area contributed by atoms with E-state index in [-0.39, 0.29) is 23.9 Å². The van der Waals surface area contributed by atoms with Crippen LogP contribution in [-0.4, -0.2) is 54.3 Å². The zero-order valence-electron chi connectivity index (χ0n) is 20.3. The summed E-state index contributed by atoms with van der Waals surface area (Å²) in [5, 5.41) is 2.87. The van der Waals surface area contributed by atoms with Gasteiger partial charge in [-0.05, 0) is 67.2 Å². The number of likely N-dealkylation sites (tertiary alicyclic amines) is 1. The van der Waals surface area contributed by atoms with Gasteiger partial charge in [-0.1, -0.05) is 13.0 Å². The number of nitrogens with one attached hydrogen (secondary N) is 2. The first-order valence-corrected chi connectivity index (χ1v) is 13.4. The van der Waals surface area contributed by atoms with Crippen molar-refractivity contribution >= 4 is 28.5 Å². The normalized spacial score (nSPS) is 23.1. The Labute approximate surface area is 212 Å². The first-order valence-electron chi connectivity index (χ1n) is 12.2. The maximum Gasteiger partial charge on any atom is 0.343 e. The molecule has 1 saturated carbocycles. The molecular weight excluding hydrogens is 485 g/mol. The number of methoxy groups -OCH3 is 1. The van der Waals surface area contributed by atoms with Gasteiger partial charge in [0.25, 0.3) is 0 Å². The number of carbonyl (C=O) groups excluding carboxylic acids is 2. The van der Waals surface area contributed by atoms with Crippen LogP contribution in [0.4, 0.5) is 10.1 Å². The molecule has 3 aliphatic rings. The highest BCUT2D eigenvalue weighted by Crippen LogP contribution is 2.55. The van der Waals surface area contributed by atoms with E-state index < -0.39 is 22.8 Å². The molecule has 10 heteroatoms. The van der Waals surface area contributed by atoms with Crippen molar-refractivity contribution in [1.29, 1.82) is 0 Å². The Morgan fingerprint density at radius 2 is 2.11 bits per heavy atom. The van der Waals surface area contributed by atoms with Gasteiger partial charge in [0.1, 0.15) is 17.1 Å². The molecule has 0 spiro atoms. The highest BCUT2D eigenvalue weighted by atomic mass is 32.2. The number of benzene rings is 2. The van der Waals surface area contributed by atoms with Gasteiger partial charge < -0.3 is 24.4 Å². The molecule has 36 heavy (non-hydrogen) atoms. The number of halogens is 1. The van der Waals surface area contributed by atoms with Crippen molar-refractivity contribution in [3.8, 4) is 5.75 Å². The SMILES string of the molecule is CCN1CCC(C(=O)NCc2cc(F)ccc2S(=O)Nc2ccc3c(c2C(=O)OC)OCC2CC32)C1. The van der Waals surface area contributed by atoms with Crippen molar-refractivity contribution < 1.29 is 27.7 Å². The third kappa shape index (κ3) is 4.84. The third-order valence-electron chi connectivity index (χ3n) is 7.31. The summed E-state index contributed by atoms with van der Waals surface area (Å²) in [6, 6.07) is 7.51. The number of rotatable bonds is 8. The lowest BCUT2D eigenvalue weighted by atomic mass is 10.0. The van der Waals surface area contributed by atoms with Gasteiger partial charge in [-0.15, -0.1) is 0 Å². The van der Waals surface area contributed by atoms with E-state index >= 15 is 0 Å². The van der Waals surface area contributed by atoms with E-state index in [0.717, 1.165) is 31.5 Å². The molecular formula is C26H30FN3O5S. The molecule has 8 nitrogen and oxygen atoms in total. The molecule has 2 aromatic rings. The van der Waals surface area contributed by atoms with Crippen molar-refractivity contribution in [3.63, 3.8) is 0 Å². The van der Waals surface area contributed by atoms with Crippen LogP contribution in [0.25, 0.3) is 0 Å². The molecule has 1 amide bonds. The Hall–Kier alpha value is -2.98. The van der Waals surface area contributed by atoms with Gasteiger partial charge in [-0.25, -0.2) is 13.4 Å². The van der Waals surface area contributed by atoms with E-state index in [2.05, 4.69) is 21.9 Å². The molecule has 2 fully saturated rings. The average molecular weight is 516 g/mol. The molecule has 0 radical (unpaired) electrons. The number of ether oxygens (including phenoxy) is 2. The molecule has 4 unspecified atom stereocenters. The van der Waals surface area contributed by atoms with E-state index in [9.17, 15) is 18.2 Å². The summed E-state index contributed by atoms with van der Waals surface area (Å²) in [5.74, 6) is 0.0133. The fourth-order valence-electron chi connectivity index (χ4n) is 5.12. The summed E-state index contributed by atoms with van der Waals surface area (Å²) in [4.78, 5) is 27.9. The second kappa shape index (κ2) is 10.2. The standard InChI is InChI=1S/C26H30FN3O5S/c1-3-30-9-8-15(13-30)25(31)28-12-16-10-18(27)4-7-22(16)36(33)29-21-6-5-19-20-11-17(20)14-35-24(19)23(21)26(32)34-2/h4-7,10,15,17,20,29H,3,8-9,11-14H2,1-2H3,(H,28,31). The van der Waals surface area contributed by atoms with Gasteiger partial charge in [0.05, 0.1) is 30.2 Å². The fourth-order valence-corrected chi connectivity index (χ4v) is 6.16. The van der Waals surface area contributed by atoms with Crippen molar-refractivity contribution in [3.05, 3.63) is 52.8 Å². The van der Waals surface area contributed by atoms with Crippen LogP contribution in [0.5, 0.6) is 5.75 Å². The Bertz CT molecular complexity index is 1220. The molecule has 2 aliphatic heterocycles. The van der Waals surface area contributed by atoms with Crippen LogP contribution in [0.15, 0.2) is 35.2 Å². The molecule has 1 aliphatic carbocycles. The van der Waals surface area contributed by atoms with Crippen molar-refractivity contribution in [2.24, 2.45) is 11.8 Å². The summed E-state index contributed by atoms with van der Waals surface area (Å²) >= 11 is 0. The number of nitrogens with zero attached hydrogens (tertiary/aromatic N) is 1. The predicted octanol–water partition coefficient (Wildman–Crippen LogP) is 3.20. The molecule has 0 aromatic heterocycles. The summed E-state index contributed by atoms with van der Waals surface area (Å²) in [7, 11) is -0.558. The van der Waals surface area contributed by atoms with E-state index in [0.29, 0.717) is 46.9 Å². The van der Waals surface area contributed by atoms with Gasteiger partial charge in [0.2, 0.25) is 5.91 Å². The smallest absolute Gasteiger partial charge is 0.343 e. The number of esters is 1. The second-order valence-corrected chi connectivity index (χ2v) is 10.7. The topological polar surface area (TPSA) is 97.0 Å². The largest absolute Gasteiger partial charge is 0.492 e. The number of carbonyl (C=O) groups is 2. The van der Waals surface area contributed by atoms with E-state index in [1.165, 1.54) is 25.3 Å². The third-order valence-corrected chi connectivity index (χ3v) is 8.51. The summed E-state index contributed by atoms with van der Waals surface area (Å²) in [6.07, 6.45) is 1.80. The first-order chi connectivity index (χ1) is 17.4. The zero-order chi connectivity index (χ0) is 25.4. The van der Waals surface area contributed by atoms with Crippen LogP contribution in [0, 0.1) is 17.7 Å². The minimum Gasteiger partial charge on any atom is -0.492 e. The minimum atomic E-state index is -1.85. The van der Waals surface area contributed by atoms with Crippen LogP contribution in [0.1, 0.15) is 47.2 Å². The van der Waals surface area contributed by atoms with E-state index in [1.54, 1.807) is 6.07 Å². The maximum atomic E-state index is 14.1. The lowest BCUT2D eigenvalue weighted by Crippen LogP contribution is -2.32. The van der Waals surface area contributed by atoms with Crippen LogP contribution >= 0.6 is 0 Å². The van der Waals surface area contributed by atoms with E-state index in [4.69, 9.17) is 9.47 Å². The maximum absolute atomic E-state index is 14.1. The molecule has 1 saturated heterocycles. The average Bonchev–Trinajstić information content (AvgIpc) is 3.53. The monoisotopic (exact) mass is 515 g/mol. The van der Waals surface area contributed by atoms with E-state index in [1.807, 2.05) is 6.07 Å². The number of amides is 1. The zero-order valence-corrected chi connectivity index (χ0v) is 21.2. The van der Waals surface area contributed by atoms with Gasteiger partial charge in [0.15, 0.2) is 11.0 Å². The highest BCUT2D eigenvalue weighted by Gasteiger charge is 2.45. The molecule has 2 heterocycles. The van der Waals surface area contributed by atoms with Crippen LogP contribution in [0.2, 0.25) is 0 Å². The molecule has 2 aromatic carbocycles. The van der Waals surface area contributed by atoms with Crippen LogP contribution in [0.3, 0.4) is 0 Å². The highest BCUT2D eigenvalue weighted by molar-refractivity contribution is 7.86. The number of anilines is 1. The number of hydrogen-bond donors (Lipinski definition) is 2. The quantitative estimate of drug-likeness (QED) is 0.524. The molecule has 192 valence electrons. The van der Waals surface area contributed by atoms with Crippen molar-refractivity contribution in [1.82, 2.24) is 10.2 Å². The minimum absolute atomic E-state index is 0.0438. The molecule has 2 N–H and O–H groups in total. The summed E-state index contributed by atoms with van der Waals surface area (Å²) < 4.78 is 41.2. The van der Waals surface area contributed by atoms with Crippen molar-refractivity contribution in [2.75, 3.05) is 38.1 Å². The van der Waals surface area contributed by atoms with Crippen molar-refractivity contribution in [2.45, 2.75) is 37.1 Å². The van der Waals surface area contributed by atoms with Gasteiger partial charge in [-0.3, -0.25) is 4.79 Å². The van der Waals surface area contributed by atoms with Gasteiger partial charge >= 0.3 is 5.97 Å². The Morgan fingerprint density at radius 1 is 1.28 bits per heavy atom. The number of fused-ring (bicyclic) bond motifs is 3. The first kappa shape index (κ1) is 24.7. The number of hydrogen-bond acceptors (Lipinski definition) is 6. The Morgan fingerprint density at radius 3 is 2.86 bits per heavy atom. The van der Waals surface area contributed by atoms with Gasteiger partial charge in [-0.2, -0.15) is 0 Å². The second-order valence-electron chi connectivity index (χ2n) is 9.53. The lowest BCUT2D eigenvalue weighted by molar-refractivity contribution is -0.124. The lowest BCUT2D eigenvalue weighted by Gasteiger charge is -2.22. The van der Waals surface area contributed by atoms with Crippen LogP contribution in [-0.2, 0) is 27.1 Å². The predicted molar refractivity (Wildman–Crippen MR) is 133 cm³/mol. The van der Waals surface area contributed by atoms with Crippen LogP contribution < -0.4 is 14.8 Å². The molecule has 0 bridgehead atoms. The Kier molecular flexibility index (Phi) is 6.98. The summed E-state index contributed by atoms with van der Waals surface area (Å²) in [6.45, 7) is 5.11. The van der Waals surface area contributed by atoms with Gasteiger partial charge in [0, 0.05) is 19.0 Å². The Balaban J connectivity index is 1.35. The summed E-state index contributed by atoms with van der Waals surface area (Å²) in [5.41, 5.74) is 1.87. The fraction of sp³-hybridized carbons (Fsp3) is 0.462. The molecule has 4 atom stereocenters. The molecule has 5 rings (SSSR count).